The van der Waals surface area contributed by atoms with Crippen molar-refractivity contribution in [1.82, 2.24) is 4.90 Å². The highest BCUT2D eigenvalue weighted by Gasteiger charge is 2.23. The summed E-state index contributed by atoms with van der Waals surface area (Å²) in [6.07, 6.45) is 2.90. The van der Waals surface area contributed by atoms with Crippen molar-refractivity contribution >= 4 is 5.97 Å². The van der Waals surface area contributed by atoms with Gasteiger partial charge in [0, 0.05) is 6.04 Å². The summed E-state index contributed by atoms with van der Waals surface area (Å²) in [5.74, 6) is -0.0590. The summed E-state index contributed by atoms with van der Waals surface area (Å²) >= 11 is 0. The number of rotatable bonds is 3. The molecule has 1 atom stereocenters. The number of likely N-dealkylation sites (tertiary alicyclic amines) is 1. The number of hydrogen-bond acceptors (Lipinski definition) is 3. The van der Waals surface area contributed by atoms with E-state index in [9.17, 15) is 4.79 Å². The molecule has 0 bridgehead atoms. The van der Waals surface area contributed by atoms with Crippen LogP contribution in [-0.4, -0.2) is 37.1 Å². The van der Waals surface area contributed by atoms with Gasteiger partial charge in [0.25, 0.3) is 0 Å². The van der Waals surface area contributed by atoms with Gasteiger partial charge in [0.2, 0.25) is 0 Å². The van der Waals surface area contributed by atoms with E-state index in [0.29, 0.717) is 19.1 Å². The maximum atomic E-state index is 11.1. The number of esters is 1. The molecule has 0 amide bonds. The van der Waals surface area contributed by atoms with Gasteiger partial charge in [-0.15, -0.1) is 0 Å². The van der Waals surface area contributed by atoms with Gasteiger partial charge in [-0.1, -0.05) is 0 Å². The predicted molar refractivity (Wildman–Crippen MR) is 46.9 cm³/mol. The molecule has 0 aliphatic carbocycles. The van der Waals surface area contributed by atoms with Crippen molar-refractivity contribution in [1.29, 1.82) is 0 Å². The van der Waals surface area contributed by atoms with Crippen molar-refractivity contribution in [2.24, 2.45) is 0 Å². The van der Waals surface area contributed by atoms with E-state index in [-0.39, 0.29) is 5.97 Å². The van der Waals surface area contributed by atoms with Gasteiger partial charge in [-0.2, -0.15) is 0 Å². The summed E-state index contributed by atoms with van der Waals surface area (Å²) in [4.78, 5) is 13.3. The van der Waals surface area contributed by atoms with Crippen LogP contribution in [0.25, 0.3) is 0 Å². The molecular formula is C9H17NO2. The Morgan fingerprint density at radius 2 is 2.42 bits per heavy atom. The lowest BCUT2D eigenvalue weighted by Gasteiger charge is -2.17. The standard InChI is InChI=1S/C9H17NO2/c1-3-12-9(11)7-8-5-4-6-10(8)2/h8H,3-7H2,1-2H3/t8-/m1/s1. The summed E-state index contributed by atoms with van der Waals surface area (Å²) in [5.41, 5.74) is 0. The molecule has 0 N–H and O–H groups in total. The van der Waals surface area contributed by atoms with Crippen LogP contribution in [0.5, 0.6) is 0 Å². The molecule has 0 spiro atoms. The quantitative estimate of drug-likeness (QED) is 0.594. The zero-order valence-corrected chi connectivity index (χ0v) is 7.88. The van der Waals surface area contributed by atoms with Crippen LogP contribution in [0.1, 0.15) is 26.2 Å². The fraction of sp³-hybridized carbons (Fsp3) is 0.889. The average molecular weight is 171 g/mol. The van der Waals surface area contributed by atoms with Crippen molar-refractivity contribution in [2.45, 2.75) is 32.2 Å². The van der Waals surface area contributed by atoms with Gasteiger partial charge in [0.1, 0.15) is 0 Å². The van der Waals surface area contributed by atoms with Crippen molar-refractivity contribution < 1.29 is 9.53 Å². The van der Waals surface area contributed by atoms with E-state index >= 15 is 0 Å². The first-order valence-electron chi connectivity index (χ1n) is 4.60. The maximum absolute atomic E-state index is 11.1. The molecule has 1 fully saturated rings. The Morgan fingerprint density at radius 1 is 1.67 bits per heavy atom. The van der Waals surface area contributed by atoms with Gasteiger partial charge in [0.15, 0.2) is 0 Å². The number of ether oxygens (including phenoxy) is 1. The third-order valence-corrected chi connectivity index (χ3v) is 2.38. The van der Waals surface area contributed by atoms with Crippen LogP contribution in [0.15, 0.2) is 0 Å². The lowest BCUT2D eigenvalue weighted by Crippen LogP contribution is -2.28. The molecule has 1 aliphatic rings. The van der Waals surface area contributed by atoms with E-state index in [0.717, 1.165) is 13.0 Å². The second-order valence-corrected chi connectivity index (χ2v) is 3.29. The number of hydrogen-bond donors (Lipinski definition) is 0. The van der Waals surface area contributed by atoms with Gasteiger partial charge >= 0.3 is 5.97 Å². The smallest absolute Gasteiger partial charge is 0.307 e. The van der Waals surface area contributed by atoms with Crippen LogP contribution in [0.4, 0.5) is 0 Å². The molecule has 1 rings (SSSR count). The number of nitrogens with zero attached hydrogens (tertiary/aromatic N) is 1. The van der Waals surface area contributed by atoms with Gasteiger partial charge in [0.05, 0.1) is 13.0 Å². The first-order valence-corrected chi connectivity index (χ1v) is 4.60. The molecule has 1 heterocycles. The summed E-state index contributed by atoms with van der Waals surface area (Å²) in [6.45, 7) is 3.45. The van der Waals surface area contributed by atoms with Gasteiger partial charge in [-0.25, -0.2) is 0 Å². The minimum atomic E-state index is -0.0590. The molecular weight excluding hydrogens is 154 g/mol. The Bertz CT molecular complexity index is 159. The first kappa shape index (κ1) is 9.52. The van der Waals surface area contributed by atoms with Gasteiger partial charge in [-0.3, -0.25) is 4.79 Å². The minimum absolute atomic E-state index is 0.0590. The molecule has 0 aromatic heterocycles. The van der Waals surface area contributed by atoms with Crippen molar-refractivity contribution in [3.05, 3.63) is 0 Å². The Hall–Kier alpha value is -0.570. The van der Waals surface area contributed by atoms with Gasteiger partial charge < -0.3 is 9.64 Å². The maximum Gasteiger partial charge on any atom is 0.307 e. The summed E-state index contributed by atoms with van der Waals surface area (Å²) in [6, 6.07) is 0.420. The van der Waals surface area contributed by atoms with Crippen molar-refractivity contribution in [3.8, 4) is 0 Å². The van der Waals surface area contributed by atoms with E-state index in [1.807, 2.05) is 6.92 Å². The zero-order chi connectivity index (χ0) is 8.97. The van der Waals surface area contributed by atoms with E-state index in [4.69, 9.17) is 4.74 Å². The molecule has 1 aliphatic heterocycles. The molecule has 3 nitrogen and oxygen atoms in total. The Balaban J connectivity index is 2.25. The molecule has 3 heteroatoms. The third kappa shape index (κ3) is 2.48. The van der Waals surface area contributed by atoms with E-state index in [2.05, 4.69) is 11.9 Å². The van der Waals surface area contributed by atoms with Crippen LogP contribution in [0.3, 0.4) is 0 Å². The van der Waals surface area contributed by atoms with E-state index in [1.165, 1.54) is 6.42 Å². The van der Waals surface area contributed by atoms with Crippen molar-refractivity contribution in [3.63, 3.8) is 0 Å². The second-order valence-electron chi connectivity index (χ2n) is 3.29. The molecule has 0 aromatic carbocycles. The second kappa shape index (κ2) is 4.45. The topological polar surface area (TPSA) is 29.5 Å². The molecule has 0 saturated carbocycles. The average Bonchev–Trinajstić information content (AvgIpc) is 2.37. The largest absolute Gasteiger partial charge is 0.466 e. The van der Waals surface area contributed by atoms with Crippen LogP contribution in [-0.2, 0) is 9.53 Å². The highest BCUT2D eigenvalue weighted by atomic mass is 16.5. The van der Waals surface area contributed by atoms with Crippen LogP contribution < -0.4 is 0 Å². The van der Waals surface area contributed by atoms with E-state index < -0.39 is 0 Å². The highest BCUT2D eigenvalue weighted by Crippen LogP contribution is 2.17. The molecule has 0 unspecified atom stereocenters. The Morgan fingerprint density at radius 3 is 2.92 bits per heavy atom. The first-order chi connectivity index (χ1) is 5.74. The molecule has 0 aromatic rings. The zero-order valence-electron chi connectivity index (χ0n) is 7.88. The van der Waals surface area contributed by atoms with Crippen LogP contribution >= 0.6 is 0 Å². The monoisotopic (exact) mass is 171 g/mol. The number of carbonyl (C=O) groups is 1. The summed E-state index contributed by atoms with van der Waals surface area (Å²) in [7, 11) is 2.07. The predicted octanol–water partition coefficient (Wildman–Crippen LogP) is 1.03. The van der Waals surface area contributed by atoms with Crippen LogP contribution in [0, 0.1) is 0 Å². The molecule has 12 heavy (non-hydrogen) atoms. The fourth-order valence-electron chi connectivity index (χ4n) is 1.65. The third-order valence-electron chi connectivity index (χ3n) is 2.38. The lowest BCUT2D eigenvalue weighted by molar-refractivity contribution is -0.144. The molecule has 1 saturated heterocycles. The normalized spacial score (nSPS) is 24.3. The minimum Gasteiger partial charge on any atom is -0.466 e. The van der Waals surface area contributed by atoms with Gasteiger partial charge in [-0.05, 0) is 33.4 Å². The molecule has 70 valence electrons. The summed E-state index contributed by atoms with van der Waals surface area (Å²) < 4.78 is 4.89. The lowest BCUT2D eigenvalue weighted by atomic mass is 10.1. The summed E-state index contributed by atoms with van der Waals surface area (Å²) in [5, 5.41) is 0. The Labute approximate surface area is 73.7 Å². The van der Waals surface area contributed by atoms with Crippen molar-refractivity contribution in [2.75, 3.05) is 20.2 Å². The Kier molecular flexibility index (Phi) is 3.53. The SMILES string of the molecule is CCOC(=O)C[C@H]1CCCN1C. The van der Waals surface area contributed by atoms with Crippen LogP contribution in [0.2, 0.25) is 0 Å². The van der Waals surface area contributed by atoms with E-state index in [1.54, 1.807) is 0 Å². The number of carbonyl (C=O) groups excluding carboxylic acids is 1. The molecule has 0 radical (unpaired) electrons. The fourth-order valence-corrected chi connectivity index (χ4v) is 1.65. The highest BCUT2D eigenvalue weighted by molar-refractivity contribution is 5.70.